The van der Waals surface area contributed by atoms with E-state index in [0.717, 1.165) is 22.8 Å². The summed E-state index contributed by atoms with van der Waals surface area (Å²) in [4.78, 5) is 0. The van der Waals surface area contributed by atoms with E-state index in [9.17, 15) is 0 Å². The van der Waals surface area contributed by atoms with Crippen molar-refractivity contribution >= 4 is 5.70 Å². The minimum Gasteiger partial charge on any atom is -0.491 e. The molecule has 0 bridgehead atoms. The minimum absolute atomic E-state index is 0.103. The first kappa shape index (κ1) is 17.8. The van der Waals surface area contributed by atoms with Gasteiger partial charge in [-0.05, 0) is 43.7 Å². The number of fused-ring (bicyclic) bond motifs is 3. The molecule has 0 radical (unpaired) electrons. The Morgan fingerprint density at radius 1 is 0.897 bits per heavy atom. The smallest absolute Gasteiger partial charge is 0.195 e. The third kappa shape index (κ3) is 3.36. The van der Waals surface area contributed by atoms with Gasteiger partial charge in [-0.25, -0.2) is 0 Å². The van der Waals surface area contributed by atoms with Gasteiger partial charge in [0.25, 0.3) is 0 Å². The van der Waals surface area contributed by atoms with Crippen LogP contribution in [0.4, 0.5) is 0 Å². The predicted molar refractivity (Wildman–Crippen MR) is 114 cm³/mol. The van der Waals surface area contributed by atoms with Gasteiger partial charge in [0.15, 0.2) is 6.23 Å². The van der Waals surface area contributed by atoms with Crippen molar-refractivity contribution in [1.82, 2.24) is 10.4 Å². The van der Waals surface area contributed by atoms with Gasteiger partial charge in [-0.3, -0.25) is 0 Å². The zero-order valence-corrected chi connectivity index (χ0v) is 16.6. The van der Waals surface area contributed by atoms with E-state index >= 15 is 0 Å². The molecule has 0 fully saturated rings. The van der Waals surface area contributed by atoms with E-state index in [-0.39, 0.29) is 18.4 Å². The second-order valence-corrected chi connectivity index (χ2v) is 7.65. The molecule has 2 heterocycles. The second kappa shape index (κ2) is 7.30. The van der Waals surface area contributed by atoms with Gasteiger partial charge in [-0.1, -0.05) is 60.7 Å². The second-order valence-electron chi connectivity index (χ2n) is 7.65. The van der Waals surface area contributed by atoms with E-state index in [1.165, 1.54) is 11.1 Å². The Kier molecular flexibility index (Phi) is 4.49. The van der Waals surface area contributed by atoms with Gasteiger partial charge < -0.3 is 14.9 Å². The van der Waals surface area contributed by atoms with Crippen LogP contribution in [0.3, 0.4) is 0 Å². The molecule has 2 atom stereocenters. The largest absolute Gasteiger partial charge is 0.491 e. The van der Waals surface area contributed by atoms with Crippen LogP contribution in [-0.4, -0.2) is 11.1 Å². The van der Waals surface area contributed by atoms with Gasteiger partial charge in [0.1, 0.15) is 11.5 Å². The molecule has 146 valence electrons. The number of nitrogens with zero attached hydrogens (tertiary/aromatic N) is 1. The highest BCUT2D eigenvalue weighted by Crippen LogP contribution is 2.45. The number of hydrogen-bond acceptors (Lipinski definition) is 4. The van der Waals surface area contributed by atoms with Crippen LogP contribution in [0.25, 0.3) is 5.70 Å². The lowest BCUT2D eigenvalue weighted by molar-refractivity contribution is -0.0326. The molecule has 0 aromatic heterocycles. The van der Waals surface area contributed by atoms with E-state index in [4.69, 9.17) is 9.47 Å². The Balaban J connectivity index is 1.50. The highest BCUT2D eigenvalue weighted by molar-refractivity contribution is 5.67. The van der Waals surface area contributed by atoms with Crippen molar-refractivity contribution in [2.45, 2.75) is 32.2 Å². The maximum atomic E-state index is 6.43. The molecule has 0 saturated carbocycles. The van der Waals surface area contributed by atoms with Crippen LogP contribution in [-0.2, 0) is 0 Å². The van der Waals surface area contributed by atoms with E-state index in [1.807, 2.05) is 44.2 Å². The zero-order valence-electron chi connectivity index (χ0n) is 16.6. The highest BCUT2D eigenvalue weighted by atomic mass is 16.5. The number of hydrazine groups is 1. The molecule has 0 saturated heterocycles. The Morgan fingerprint density at radius 2 is 1.62 bits per heavy atom. The molecule has 29 heavy (non-hydrogen) atoms. The van der Waals surface area contributed by atoms with Crippen LogP contribution in [0.5, 0.6) is 11.5 Å². The third-order valence-electron chi connectivity index (χ3n) is 5.22. The molecular formula is C25H24N2O2. The number of benzene rings is 3. The van der Waals surface area contributed by atoms with Crippen molar-refractivity contribution in [2.24, 2.45) is 0 Å². The SMILES string of the molecule is CC(C)Oc1ccc([C@@H]2Oc3ccccc3[C@@H]3C=C(c4ccccc4)NN32)cc1. The summed E-state index contributed by atoms with van der Waals surface area (Å²) >= 11 is 0. The van der Waals surface area contributed by atoms with E-state index in [1.54, 1.807) is 0 Å². The standard InChI is InChI=1S/C25H24N2O2/c1-17(2)28-20-14-12-19(13-15-20)25-27-23(21-10-6-7-11-24(21)29-25)16-22(26-27)18-8-4-3-5-9-18/h3-17,23,25-26H,1-2H3/t23-,25-/m0/s1. The predicted octanol–water partition coefficient (Wildman–Crippen LogP) is 5.47. The van der Waals surface area contributed by atoms with Gasteiger partial charge in [0.05, 0.1) is 17.8 Å². The third-order valence-corrected chi connectivity index (χ3v) is 5.22. The average molecular weight is 384 g/mol. The fraction of sp³-hybridized carbons (Fsp3) is 0.200. The first-order chi connectivity index (χ1) is 14.2. The molecular weight excluding hydrogens is 360 g/mol. The summed E-state index contributed by atoms with van der Waals surface area (Å²) in [5.41, 5.74) is 8.10. The molecule has 2 aliphatic rings. The Labute approximate surface area is 171 Å². The fourth-order valence-electron chi connectivity index (χ4n) is 3.93. The molecule has 0 unspecified atom stereocenters. The first-order valence-corrected chi connectivity index (χ1v) is 10.0. The quantitative estimate of drug-likeness (QED) is 0.647. The molecule has 1 N–H and O–H groups in total. The van der Waals surface area contributed by atoms with Crippen LogP contribution in [0.2, 0.25) is 0 Å². The molecule has 0 amide bonds. The average Bonchev–Trinajstić information content (AvgIpc) is 3.20. The summed E-state index contributed by atoms with van der Waals surface area (Å²) in [6.07, 6.45) is 2.20. The molecule has 4 heteroatoms. The van der Waals surface area contributed by atoms with Crippen molar-refractivity contribution in [1.29, 1.82) is 0 Å². The van der Waals surface area contributed by atoms with Crippen molar-refractivity contribution in [2.75, 3.05) is 0 Å². The lowest BCUT2D eigenvalue weighted by Gasteiger charge is -2.39. The maximum absolute atomic E-state index is 6.43. The summed E-state index contributed by atoms with van der Waals surface area (Å²) in [6.45, 7) is 4.06. The number of rotatable bonds is 4. The Hall–Kier alpha value is -3.24. The lowest BCUT2D eigenvalue weighted by Crippen LogP contribution is -2.43. The van der Waals surface area contributed by atoms with Crippen LogP contribution in [0.1, 0.15) is 42.8 Å². The van der Waals surface area contributed by atoms with E-state index < -0.39 is 0 Å². The van der Waals surface area contributed by atoms with Crippen molar-refractivity contribution in [3.05, 3.63) is 102 Å². The highest BCUT2D eigenvalue weighted by Gasteiger charge is 2.39. The number of para-hydroxylation sites is 1. The van der Waals surface area contributed by atoms with Gasteiger partial charge >= 0.3 is 0 Å². The summed E-state index contributed by atoms with van der Waals surface area (Å²) < 4.78 is 12.2. The molecule has 5 rings (SSSR count). The van der Waals surface area contributed by atoms with Gasteiger partial charge in [0, 0.05) is 11.1 Å². The molecule has 3 aromatic carbocycles. The van der Waals surface area contributed by atoms with Gasteiger partial charge in [-0.15, -0.1) is 0 Å². The van der Waals surface area contributed by atoms with Crippen LogP contribution in [0.15, 0.2) is 84.9 Å². The van der Waals surface area contributed by atoms with Gasteiger partial charge in [0.2, 0.25) is 0 Å². The van der Waals surface area contributed by atoms with Gasteiger partial charge in [-0.2, -0.15) is 5.01 Å². The minimum atomic E-state index is -0.236. The molecule has 0 spiro atoms. The number of nitrogens with one attached hydrogen (secondary N) is 1. The summed E-state index contributed by atoms with van der Waals surface area (Å²) in [5, 5.41) is 2.18. The monoisotopic (exact) mass is 384 g/mol. The molecule has 3 aromatic rings. The summed E-state index contributed by atoms with van der Waals surface area (Å²) in [7, 11) is 0. The normalized spacial score (nSPS) is 20.3. The van der Waals surface area contributed by atoms with E-state index in [0.29, 0.717) is 0 Å². The number of ether oxygens (including phenoxy) is 2. The summed E-state index contributed by atoms with van der Waals surface area (Å²) in [5.74, 6) is 1.79. The van der Waals surface area contributed by atoms with Crippen LogP contribution in [0, 0.1) is 0 Å². The number of hydrogen-bond donors (Lipinski definition) is 1. The van der Waals surface area contributed by atoms with Crippen LogP contribution >= 0.6 is 0 Å². The topological polar surface area (TPSA) is 33.7 Å². The fourth-order valence-corrected chi connectivity index (χ4v) is 3.93. The molecule has 4 nitrogen and oxygen atoms in total. The van der Waals surface area contributed by atoms with Crippen molar-refractivity contribution in [3.8, 4) is 11.5 Å². The Bertz CT molecular complexity index is 1030. The van der Waals surface area contributed by atoms with Crippen LogP contribution < -0.4 is 14.9 Å². The summed E-state index contributed by atoms with van der Waals surface area (Å²) in [6, 6.07) is 26.9. The zero-order chi connectivity index (χ0) is 19.8. The maximum Gasteiger partial charge on any atom is 0.195 e. The Morgan fingerprint density at radius 3 is 2.38 bits per heavy atom. The van der Waals surface area contributed by atoms with Crippen molar-refractivity contribution < 1.29 is 9.47 Å². The van der Waals surface area contributed by atoms with Crippen molar-refractivity contribution in [3.63, 3.8) is 0 Å². The molecule has 0 aliphatic carbocycles. The lowest BCUT2D eigenvalue weighted by atomic mass is 10.0. The first-order valence-electron chi connectivity index (χ1n) is 10.0. The van der Waals surface area contributed by atoms with E-state index in [2.05, 4.69) is 65.0 Å². The molecule has 2 aliphatic heterocycles.